The first-order valence-electron chi connectivity index (χ1n) is 8.32. The maximum absolute atomic E-state index is 10.8. The summed E-state index contributed by atoms with van der Waals surface area (Å²) in [6.07, 6.45) is -7.93. The summed E-state index contributed by atoms with van der Waals surface area (Å²) < 4.78 is 16.5. The molecule has 1 saturated heterocycles. The molecule has 1 aliphatic heterocycles. The van der Waals surface area contributed by atoms with Crippen LogP contribution in [0.4, 0.5) is 0 Å². The minimum atomic E-state index is -1.35. The van der Waals surface area contributed by atoms with E-state index in [9.17, 15) is 20.1 Å². The van der Waals surface area contributed by atoms with Gasteiger partial charge in [-0.3, -0.25) is 0 Å². The highest BCUT2D eigenvalue weighted by molar-refractivity contribution is 5.68. The normalized spacial score (nSPS) is 46.9. The molecule has 12 nitrogen and oxygen atoms in total. The first kappa shape index (κ1) is 21.4. The van der Waals surface area contributed by atoms with Gasteiger partial charge in [0.25, 0.3) is 0 Å². The summed E-state index contributed by atoms with van der Waals surface area (Å²) in [6, 6.07) is -2.55. The second-order valence-corrected chi connectivity index (χ2v) is 6.66. The Morgan fingerprint density at radius 3 is 2.27 bits per heavy atom. The van der Waals surface area contributed by atoms with Crippen molar-refractivity contribution in [2.75, 3.05) is 13.2 Å². The largest absolute Gasteiger partial charge is 0.480 e. The van der Waals surface area contributed by atoms with Crippen LogP contribution >= 0.6 is 0 Å². The van der Waals surface area contributed by atoms with Crippen molar-refractivity contribution in [1.82, 2.24) is 0 Å². The summed E-state index contributed by atoms with van der Waals surface area (Å²) in [4.78, 5) is 10.8. The third-order valence-corrected chi connectivity index (χ3v) is 4.74. The zero-order valence-corrected chi connectivity index (χ0v) is 14.1. The minimum absolute atomic E-state index is 0.0893. The number of carboxylic acids is 1. The maximum atomic E-state index is 10.8. The van der Waals surface area contributed by atoms with Crippen molar-refractivity contribution in [1.29, 1.82) is 0 Å². The van der Waals surface area contributed by atoms with Gasteiger partial charge in [-0.1, -0.05) is 0 Å². The molecule has 2 rings (SSSR count). The van der Waals surface area contributed by atoms with Gasteiger partial charge in [0, 0.05) is 18.6 Å². The summed E-state index contributed by atoms with van der Waals surface area (Å²) in [5.74, 6) is -1.24. The summed E-state index contributed by atoms with van der Waals surface area (Å²) in [7, 11) is 0. The highest BCUT2D eigenvalue weighted by Crippen LogP contribution is 2.28. The monoisotopic (exact) mass is 380 g/mol. The smallest absolute Gasteiger partial charge is 0.329 e. The number of aliphatic hydroxyl groups is 3. The molecule has 1 aliphatic carbocycles. The lowest BCUT2D eigenvalue weighted by atomic mass is 9.84. The quantitative estimate of drug-likeness (QED) is 0.216. The van der Waals surface area contributed by atoms with Crippen LogP contribution in [0.5, 0.6) is 0 Å². The number of carboxylic acid groups (broad SMARTS) is 1. The molecule has 2 fully saturated rings. The molecule has 0 unspecified atom stereocenters. The van der Waals surface area contributed by atoms with E-state index < -0.39 is 73.6 Å². The van der Waals surface area contributed by atoms with Gasteiger partial charge in [0.15, 0.2) is 6.29 Å². The van der Waals surface area contributed by atoms with Gasteiger partial charge in [0.2, 0.25) is 0 Å². The second-order valence-electron chi connectivity index (χ2n) is 6.66. The van der Waals surface area contributed by atoms with Gasteiger partial charge in [-0.05, 0) is 6.42 Å². The molecule has 0 aromatic rings. The number of rotatable bonds is 6. The molecule has 0 aromatic heterocycles. The molecule has 0 amide bonds. The van der Waals surface area contributed by atoms with Gasteiger partial charge in [-0.2, -0.15) is 0 Å². The third-order valence-electron chi connectivity index (χ3n) is 4.74. The Morgan fingerprint density at radius 2 is 1.69 bits per heavy atom. The van der Waals surface area contributed by atoms with E-state index in [1.807, 2.05) is 0 Å². The van der Waals surface area contributed by atoms with Gasteiger partial charge in [-0.15, -0.1) is 0 Å². The predicted octanol–water partition coefficient (Wildman–Crippen LogP) is -5.01. The van der Waals surface area contributed by atoms with Crippen molar-refractivity contribution < 1.29 is 39.4 Å². The fourth-order valence-corrected chi connectivity index (χ4v) is 3.23. The van der Waals surface area contributed by atoms with Crippen LogP contribution in [0.15, 0.2) is 0 Å². The topological polar surface area (TPSA) is 230 Å². The first-order chi connectivity index (χ1) is 12.2. The number of hydrogen-bond donors (Lipinski definition) is 8. The highest BCUT2D eigenvalue weighted by atomic mass is 16.7. The number of ether oxygens (including phenoxy) is 3. The van der Waals surface area contributed by atoms with Gasteiger partial charge >= 0.3 is 5.97 Å². The van der Waals surface area contributed by atoms with E-state index in [1.165, 1.54) is 0 Å². The lowest BCUT2D eigenvalue weighted by Gasteiger charge is -2.46. The van der Waals surface area contributed by atoms with Crippen LogP contribution in [0.3, 0.4) is 0 Å². The van der Waals surface area contributed by atoms with E-state index in [0.717, 1.165) is 0 Å². The van der Waals surface area contributed by atoms with Gasteiger partial charge in [0.05, 0.1) is 12.1 Å². The standard InChI is InChI=1S/C14H28N4O8/c15-2-6-10(22)11(23)8(18)14(25-6)26-12-5(17)1-4(16)9(21)13(12)24-3-7(19)20/h4-6,8-14,21-23H,1-3,15-18H2,(H,19,20)/t4-,5+,6-,8-,9+,10-,11-,12-,13-,14-/m1/s1. The van der Waals surface area contributed by atoms with Crippen molar-refractivity contribution >= 4 is 5.97 Å². The summed E-state index contributed by atoms with van der Waals surface area (Å²) >= 11 is 0. The molecule has 0 aromatic carbocycles. The Bertz CT molecular complexity index is 484. The Labute approximate surface area is 150 Å². The zero-order valence-electron chi connectivity index (χ0n) is 14.1. The predicted molar refractivity (Wildman–Crippen MR) is 86.5 cm³/mol. The lowest BCUT2D eigenvalue weighted by Crippen LogP contribution is -2.67. The SMILES string of the molecule is NC[C@H]1O[C@H](O[C@H]2[C@H](OCC(=O)O)[C@@H](O)[C@H](N)C[C@@H]2N)[C@H](N)[C@@H](O)[C@@H]1O. The van der Waals surface area contributed by atoms with Crippen LogP contribution in [0.2, 0.25) is 0 Å². The number of hydrogen-bond acceptors (Lipinski definition) is 11. The molecule has 1 saturated carbocycles. The molecular formula is C14H28N4O8. The van der Waals surface area contributed by atoms with Crippen molar-refractivity contribution in [2.45, 2.75) is 67.5 Å². The van der Waals surface area contributed by atoms with Crippen molar-refractivity contribution in [3.63, 3.8) is 0 Å². The van der Waals surface area contributed by atoms with Crippen molar-refractivity contribution in [3.05, 3.63) is 0 Å². The maximum Gasteiger partial charge on any atom is 0.329 e. The fourth-order valence-electron chi connectivity index (χ4n) is 3.23. The molecule has 2 aliphatic rings. The Morgan fingerprint density at radius 1 is 1.04 bits per heavy atom. The molecule has 0 bridgehead atoms. The number of carbonyl (C=O) groups is 1. The van der Waals surface area contributed by atoms with Crippen LogP contribution in [0.1, 0.15) is 6.42 Å². The number of aliphatic hydroxyl groups excluding tert-OH is 3. The van der Waals surface area contributed by atoms with Crippen LogP contribution in [-0.4, -0.2) is 101 Å². The molecule has 26 heavy (non-hydrogen) atoms. The Balaban J connectivity index is 2.15. The Kier molecular flexibility index (Phi) is 7.27. The van der Waals surface area contributed by atoms with Crippen molar-refractivity contribution in [2.24, 2.45) is 22.9 Å². The van der Waals surface area contributed by atoms with Crippen LogP contribution in [0.25, 0.3) is 0 Å². The Hall–Kier alpha value is -0.930. The van der Waals surface area contributed by atoms with E-state index in [4.69, 9.17) is 42.3 Å². The summed E-state index contributed by atoms with van der Waals surface area (Å²) in [5.41, 5.74) is 23.2. The summed E-state index contributed by atoms with van der Waals surface area (Å²) in [5, 5.41) is 39.0. The lowest BCUT2D eigenvalue weighted by molar-refractivity contribution is -0.290. The summed E-state index contributed by atoms with van der Waals surface area (Å²) in [6.45, 7) is -0.778. The molecular weight excluding hydrogens is 352 g/mol. The number of aliphatic carboxylic acids is 1. The zero-order chi connectivity index (χ0) is 19.6. The third kappa shape index (κ3) is 4.48. The number of nitrogens with two attached hydrogens (primary N) is 4. The van der Waals surface area contributed by atoms with E-state index >= 15 is 0 Å². The van der Waals surface area contributed by atoms with Crippen LogP contribution in [-0.2, 0) is 19.0 Å². The van der Waals surface area contributed by atoms with E-state index in [0.29, 0.717) is 0 Å². The molecule has 12 N–H and O–H groups in total. The van der Waals surface area contributed by atoms with Gasteiger partial charge in [0.1, 0.15) is 37.1 Å². The first-order valence-corrected chi connectivity index (χ1v) is 8.32. The molecule has 152 valence electrons. The van der Waals surface area contributed by atoms with E-state index in [1.54, 1.807) is 0 Å². The molecule has 1 heterocycles. The molecule has 0 spiro atoms. The van der Waals surface area contributed by atoms with Crippen LogP contribution < -0.4 is 22.9 Å². The molecule has 12 heteroatoms. The van der Waals surface area contributed by atoms with Gasteiger partial charge < -0.3 is 57.6 Å². The molecule has 0 radical (unpaired) electrons. The average Bonchev–Trinajstić information content (AvgIpc) is 2.59. The highest BCUT2D eigenvalue weighted by Gasteiger charge is 2.48. The second kappa shape index (κ2) is 8.84. The fraction of sp³-hybridized carbons (Fsp3) is 0.929. The minimum Gasteiger partial charge on any atom is -0.480 e. The van der Waals surface area contributed by atoms with Gasteiger partial charge in [-0.25, -0.2) is 4.79 Å². The van der Waals surface area contributed by atoms with Crippen LogP contribution in [0, 0.1) is 0 Å². The van der Waals surface area contributed by atoms with E-state index in [2.05, 4.69) is 0 Å². The van der Waals surface area contributed by atoms with E-state index in [-0.39, 0.29) is 13.0 Å². The van der Waals surface area contributed by atoms with Crippen molar-refractivity contribution in [3.8, 4) is 0 Å². The molecule has 10 atom stereocenters. The average molecular weight is 380 g/mol.